The molecule has 36 heavy (non-hydrogen) atoms. The molecular weight excluding hydrogens is 470 g/mol. The molecule has 2 N–H and O–H groups in total. The van der Waals surface area contributed by atoms with Crippen molar-refractivity contribution in [3.8, 4) is 22.8 Å². The Balaban J connectivity index is 2.03. The zero-order chi connectivity index (χ0) is 26.5. The third-order valence-corrected chi connectivity index (χ3v) is 7.53. The van der Waals surface area contributed by atoms with Gasteiger partial charge in [-0.1, -0.05) is 90.9 Å². The molecule has 1 aliphatic heterocycles. The van der Waals surface area contributed by atoms with Crippen molar-refractivity contribution in [1.29, 1.82) is 0 Å². The van der Waals surface area contributed by atoms with Crippen LogP contribution in [0.15, 0.2) is 60.7 Å². The van der Waals surface area contributed by atoms with Gasteiger partial charge < -0.3 is 5.11 Å². The van der Waals surface area contributed by atoms with Gasteiger partial charge in [0.1, 0.15) is 21.6 Å². The molecule has 0 saturated carbocycles. The highest BCUT2D eigenvalue weighted by molar-refractivity contribution is 7.64. The number of hydrogen-bond acceptors (Lipinski definition) is 4. The zero-order valence-corrected chi connectivity index (χ0v) is 22.9. The first-order valence-electron chi connectivity index (χ1n) is 12.1. The number of aromatic hydroxyl groups is 1. The molecule has 2 aromatic carbocycles. The molecule has 0 atom stereocenters. The second kappa shape index (κ2) is 8.96. The Labute approximate surface area is 214 Å². The Hall–Kier alpha value is -3.32. The minimum Gasteiger partial charge on any atom is -0.505 e. The summed E-state index contributed by atoms with van der Waals surface area (Å²) in [6, 6.07) is 19.1. The number of benzene rings is 3. The minimum absolute atomic E-state index is 0.0935. The predicted molar refractivity (Wildman–Crippen MR) is 144 cm³/mol. The lowest BCUT2D eigenvalue weighted by molar-refractivity contribution is 0.283. The summed E-state index contributed by atoms with van der Waals surface area (Å²) in [5, 5.41) is 19.4. The van der Waals surface area contributed by atoms with Crippen molar-refractivity contribution >= 4 is 10.3 Å². The molecule has 0 amide bonds. The standard InChI is InChI=1S/C29H35N3O3S/c1-27(2,3)18-28(4,5)20-16-21(29(6,7)19-12-9-8-10-13-19)26(33)23(17-20)32-30-22-14-11-15-24(36(34)35)25(22)31-32/h8-17,30,33H,18H2,1-7H3. The van der Waals surface area contributed by atoms with Crippen molar-refractivity contribution in [3.05, 3.63) is 81.9 Å². The maximum Gasteiger partial charge on any atom is 0.223 e. The first-order chi connectivity index (χ1) is 16.7. The number of aromatic amines is 1. The van der Waals surface area contributed by atoms with E-state index in [9.17, 15) is 13.5 Å². The molecule has 0 saturated heterocycles. The summed E-state index contributed by atoms with van der Waals surface area (Å²) in [6.45, 7) is 15.3. The molecule has 0 aromatic heterocycles. The smallest absolute Gasteiger partial charge is 0.223 e. The Morgan fingerprint density at radius 3 is 2.17 bits per heavy atom. The van der Waals surface area contributed by atoms with Gasteiger partial charge in [0.25, 0.3) is 0 Å². The number of fused-ring (bicyclic) bond motifs is 1. The fourth-order valence-corrected chi connectivity index (χ4v) is 5.79. The van der Waals surface area contributed by atoms with E-state index < -0.39 is 15.7 Å². The second-order valence-electron chi connectivity index (χ2n) is 11.9. The van der Waals surface area contributed by atoms with E-state index in [1.54, 1.807) is 12.1 Å². The van der Waals surface area contributed by atoms with Crippen LogP contribution >= 0.6 is 0 Å². The molecule has 1 heterocycles. The highest BCUT2D eigenvalue weighted by Gasteiger charge is 2.33. The van der Waals surface area contributed by atoms with E-state index in [-0.39, 0.29) is 21.1 Å². The molecule has 1 aliphatic carbocycles. The number of phenolic OH excluding ortho intramolecular Hbond substituents is 1. The molecule has 2 aliphatic rings. The van der Waals surface area contributed by atoms with Crippen molar-refractivity contribution in [1.82, 2.24) is 15.0 Å². The lowest BCUT2D eigenvalue weighted by atomic mass is 9.70. The van der Waals surface area contributed by atoms with Crippen molar-refractivity contribution in [2.75, 3.05) is 0 Å². The van der Waals surface area contributed by atoms with Crippen molar-refractivity contribution < 1.29 is 13.5 Å². The molecule has 0 radical (unpaired) electrons. The average molecular weight is 506 g/mol. The molecule has 0 spiro atoms. The van der Waals surface area contributed by atoms with E-state index in [0.717, 1.165) is 23.1 Å². The number of phenols is 1. The van der Waals surface area contributed by atoms with Gasteiger partial charge >= 0.3 is 0 Å². The third-order valence-electron chi connectivity index (χ3n) is 6.85. The summed E-state index contributed by atoms with van der Waals surface area (Å²) >= 11 is 0. The van der Waals surface area contributed by atoms with Gasteiger partial charge in [-0.2, -0.15) is 13.2 Å². The topological polar surface area (TPSA) is 88.0 Å². The summed E-state index contributed by atoms with van der Waals surface area (Å²) in [4.78, 5) is 1.48. The van der Waals surface area contributed by atoms with Crippen LogP contribution in [0.5, 0.6) is 5.75 Å². The summed E-state index contributed by atoms with van der Waals surface area (Å²) in [5.74, 6) is 0.105. The Kier molecular flexibility index (Phi) is 6.41. The molecule has 0 unspecified atom stereocenters. The van der Waals surface area contributed by atoms with Crippen LogP contribution in [0.25, 0.3) is 17.1 Å². The lowest BCUT2D eigenvalue weighted by Gasteiger charge is -2.35. The third kappa shape index (κ3) is 4.85. The summed E-state index contributed by atoms with van der Waals surface area (Å²) < 4.78 is 23.7. The molecule has 2 aromatic rings. The van der Waals surface area contributed by atoms with E-state index in [1.165, 1.54) is 10.9 Å². The minimum atomic E-state index is -2.43. The van der Waals surface area contributed by atoms with Crippen LogP contribution < -0.4 is 0 Å². The van der Waals surface area contributed by atoms with E-state index in [1.807, 2.05) is 24.3 Å². The van der Waals surface area contributed by atoms with Crippen LogP contribution in [0.1, 0.15) is 71.6 Å². The number of nitrogens with one attached hydrogen (secondary N) is 1. The number of rotatable bonds is 5. The van der Waals surface area contributed by atoms with Gasteiger partial charge in [-0.15, -0.1) is 5.10 Å². The summed E-state index contributed by atoms with van der Waals surface area (Å²) in [6.07, 6.45) is 0.930. The predicted octanol–water partition coefficient (Wildman–Crippen LogP) is 6.46. The van der Waals surface area contributed by atoms with Crippen LogP contribution in [-0.4, -0.2) is 28.5 Å². The van der Waals surface area contributed by atoms with Gasteiger partial charge in [0.05, 0.1) is 5.69 Å². The molecule has 190 valence electrons. The average Bonchev–Trinajstić information content (AvgIpc) is 3.22. The molecule has 0 fully saturated rings. The van der Waals surface area contributed by atoms with Crippen molar-refractivity contribution in [2.24, 2.45) is 5.41 Å². The van der Waals surface area contributed by atoms with Crippen LogP contribution in [0.3, 0.4) is 0 Å². The van der Waals surface area contributed by atoms with Gasteiger partial charge in [0, 0.05) is 11.0 Å². The number of aromatic nitrogens is 3. The van der Waals surface area contributed by atoms with Gasteiger partial charge in [-0.3, -0.25) is 5.10 Å². The molecule has 0 bridgehead atoms. The van der Waals surface area contributed by atoms with E-state index in [2.05, 4.69) is 76.9 Å². The Bertz CT molecular complexity index is 1550. The Morgan fingerprint density at radius 2 is 1.56 bits per heavy atom. The van der Waals surface area contributed by atoms with Gasteiger partial charge in [0.2, 0.25) is 10.3 Å². The highest BCUT2D eigenvalue weighted by atomic mass is 32.2. The van der Waals surface area contributed by atoms with Crippen molar-refractivity contribution in [3.63, 3.8) is 0 Å². The van der Waals surface area contributed by atoms with Crippen molar-refractivity contribution in [2.45, 2.75) is 65.7 Å². The van der Waals surface area contributed by atoms with Crippen LogP contribution in [0.4, 0.5) is 0 Å². The summed E-state index contributed by atoms with van der Waals surface area (Å²) in [5.41, 5.74) is 3.71. The van der Waals surface area contributed by atoms with Crippen LogP contribution in [0.2, 0.25) is 0 Å². The molecule has 6 nitrogen and oxygen atoms in total. The first kappa shape index (κ1) is 25.8. The molecule has 4 rings (SSSR count). The zero-order valence-electron chi connectivity index (χ0n) is 22.0. The lowest BCUT2D eigenvalue weighted by Crippen LogP contribution is -2.27. The van der Waals surface area contributed by atoms with Gasteiger partial charge in [0.15, 0.2) is 0 Å². The SMILES string of the molecule is CC(C)(C)CC(C)(C)c1cc(-n2nc3c(=S(=O)=O)cccc-3[nH]2)c(O)c(C(C)(C)c2ccccc2)c1. The van der Waals surface area contributed by atoms with Crippen LogP contribution in [0, 0.1) is 9.93 Å². The number of nitrogens with zero attached hydrogens (tertiary/aromatic N) is 2. The fraction of sp³-hybridized carbons (Fsp3) is 0.379. The molecular formula is C29H35N3O3S. The first-order valence-corrected chi connectivity index (χ1v) is 13.2. The number of hydrogen-bond donors (Lipinski definition) is 2. The number of H-pyrrole nitrogens is 1. The second-order valence-corrected chi connectivity index (χ2v) is 12.8. The normalized spacial score (nSPS) is 12.8. The fourth-order valence-electron chi connectivity index (χ4n) is 5.29. The maximum atomic E-state index is 11.8. The van der Waals surface area contributed by atoms with E-state index >= 15 is 0 Å². The largest absolute Gasteiger partial charge is 0.505 e. The molecule has 7 heteroatoms. The quantitative estimate of drug-likeness (QED) is 0.305. The van der Waals surface area contributed by atoms with Crippen LogP contribution in [-0.2, 0) is 21.1 Å². The maximum absolute atomic E-state index is 11.8. The van der Waals surface area contributed by atoms with E-state index in [0.29, 0.717) is 17.1 Å². The van der Waals surface area contributed by atoms with Gasteiger partial charge in [-0.05, 0) is 46.6 Å². The van der Waals surface area contributed by atoms with Gasteiger partial charge in [-0.25, -0.2) is 0 Å². The highest BCUT2D eigenvalue weighted by Crippen LogP contribution is 2.44. The van der Waals surface area contributed by atoms with E-state index in [4.69, 9.17) is 0 Å². The Morgan fingerprint density at radius 1 is 0.889 bits per heavy atom. The monoisotopic (exact) mass is 505 g/mol. The summed E-state index contributed by atoms with van der Waals surface area (Å²) in [7, 11) is -2.43.